The normalized spacial score (nSPS) is 26.0. The van der Waals surface area contributed by atoms with Crippen LogP contribution in [0.5, 0.6) is 0 Å². The predicted molar refractivity (Wildman–Crippen MR) is 56.6 cm³/mol. The molecular weight excluding hydrogens is 242 g/mol. The van der Waals surface area contributed by atoms with Crippen LogP contribution in [0.2, 0.25) is 0 Å². The van der Waals surface area contributed by atoms with Gasteiger partial charge in [0.1, 0.15) is 6.07 Å². The molecule has 2 nitrogen and oxygen atoms in total. The number of hydrogen-bond donors (Lipinski definition) is 0. The van der Waals surface area contributed by atoms with E-state index in [2.05, 4.69) is 22.0 Å². The highest BCUT2D eigenvalue weighted by atomic mass is 79.9. The Labute approximate surface area is 91.6 Å². The Morgan fingerprint density at radius 3 is 2.79 bits per heavy atom. The Balaban J connectivity index is 2.47. The highest BCUT2D eigenvalue weighted by Gasteiger charge is 2.38. The summed E-state index contributed by atoms with van der Waals surface area (Å²) in [6.07, 6.45) is 1.74. The van der Waals surface area contributed by atoms with E-state index in [9.17, 15) is 5.26 Å². The fourth-order valence-corrected chi connectivity index (χ4v) is 2.39. The van der Waals surface area contributed by atoms with E-state index in [1.807, 2.05) is 24.3 Å². The smallest absolute Gasteiger partial charge is 0.180 e. The predicted octanol–water partition coefficient (Wildman–Crippen LogP) is 2.98. The molecule has 0 aromatic heterocycles. The van der Waals surface area contributed by atoms with Gasteiger partial charge in [-0.25, -0.2) is 0 Å². The lowest BCUT2D eigenvalue weighted by molar-refractivity contribution is 0.0489. The SMILES string of the molecule is N#CC1(c2ccccc2Br)CCCO1. The van der Waals surface area contributed by atoms with Gasteiger partial charge in [-0.3, -0.25) is 0 Å². The zero-order valence-electron chi connectivity index (χ0n) is 7.66. The van der Waals surface area contributed by atoms with E-state index < -0.39 is 5.60 Å². The highest BCUT2D eigenvalue weighted by molar-refractivity contribution is 9.10. The summed E-state index contributed by atoms with van der Waals surface area (Å²) >= 11 is 3.45. The summed E-state index contributed by atoms with van der Waals surface area (Å²) in [7, 11) is 0. The first kappa shape index (κ1) is 9.70. The molecule has 0 saturated carbocycles. The van der Waals surface area contributed by atoms with Crippen LogP contribution in [0.3, 0.4) is 0 Å². The maximum Gasteiger partial charge on any atom is 0.180 e. The Kier molecular flexibility index (Phi) is 2.58. The average molecular weight is 252 g/mol. The molecule has 0 spiro atoms. The van der Waals surface area contributed by atoms with Gasteiger partial charge in [0.05, 0.1) is 0 Å². The van der Waals surface area contributed by atoms with Crippen molar-refractivity contribution in [3.8, 4) is 6.07 Å². The number of rotatable bonds is 1. The summed E-state index contributed by atoms with van der Waals surface area (Å²) in [5, 5.41) is 9.20. The van der Waals surface area contributed by atoms with Crippen molar-refractivity contribution >= 4 is 15.9 Å². The van der Waals surface area contributed by atoms with Crippen LogP contribution in [0.4, 0.5) is 0 Å². The Morgan fingerprint density at radius 1 is 1.43 bits per heavy atom. The van der Waals surface area contributed by atoms with Crippen LogP contribution in [-0.4, -0.2) is 6.61 Å². The minimum atomic E-state index is -0.722. The topological polar surface area (TPSA) is 33.0 Å². The minimum absolute atomic E-state index is 0.675. The van der Waals surface area contributed by atoms with E-state index >= 15 is 0 Å². The largest absolute Gasteiger partial charge is 0.356 e. The molecule has 1 aliphatic heterocycles. The molecule has 0 bridgehead atoms. The number of ether oxygens (including phenoxy) is 1. The van der Waals surface area contributed by atoms with Gasteiger partial charge in [0.15, 0.2) is 5.60 Å². The van der Waals surface area contributed by atoms with Crippen molar-refractivity contribution in [1.29, 1.82) is 5.26 Å². The van der Waals surface area contributed by atoms with Crippen LogP contribution >= 0.6 is 15.9 Å². The zero-order chi connectivity index (χ0) is 10.0. The van der Waals surface area contributed by atoms with Gasteiger partial charge >= 0.3 is 0 Å². The van der Waals surface area contributed by atoms with E-state index in [-0.39, 0.29) is 0 Å². The zero-order valence-corrected chi connectivity index (χ0v) is 9.25. The standard InChI is InChI=1S/C11H10BrNO/c12-10-5-2-1-4-9(10)11(8-13)6-3-7-14-11/h1-2,4-5H,3,6-7H2. The maximum absolute atomic E-state index is 9.20. The van der Waals surface area contributed by atoms with Gasteiger partial charge < -0.3 is 4.74 Å². The first-order valence-corrected chi connectivity index (χ1v) is 5.38. The van der Waals surface area contributed by atoms with Crippen molar-refractivity contribution in [3.05, 3.63) is 34.3 Å². The Bertz CT molecular complexity index is 377. The molecule has 2 rings (SSSR count). The van der Waals surface area contributed by atoms with E-state index in [4.69, 9.17) is 4.74 Å². The average Bonchev–Trinajstić information content (AvgIpc) is 2.68. The van der Waals surface area contributed by atoms with Crippen molar-refractivity contribution in [1.82, 2.24) is 0 Å². The van der Waals surface area contributed by atoms with Crippen molar-refractivity contribution in [2.75, 3.05) is 6.61 Å². The highest BCUT2D eigenvalue weighted by Crippen LogP contribution is 2.38. The summed E-state index contributed by atoms with van der Waals surface area (Å²) in [6, 6.07) is 10.0. The number of benzene rings is 1. The molecule has 1 fully saturated rings. The Morgan fingerprint density at radius 2 is 2.21 bits per heavy atom. The van der Waals surface area contributed by atoms with E-state index in [0.717, 1.165) is 22.9 Å². The summed E-state index contributed by atoms with van der Waals surface area (Å²) in [4.78, 5) is 0. The third kappa shape index (κ3) is 1.45. The molecular formula is C11H10BrNO. The van der Waals surface area contributed by atoms with Gasteiger partial charge in [0, 0.05) is 16.6 Å². The van der Waals surface area contributed by atoms with Crippen molar-refractivity contribution in [2.24, 2.45) is 0 Å². The Hall–Kier alpha value is -0.850. The molecule has 0 aliphatic carbocycles. The lowest BCUT2D eigenvalue weighted by atomic mass is 9.92. The number of hydrogen-bond acceptors (Lipinski definition) is 2. The lowest BCUT2D eigenvalue weighted by Crippen LogP contribution is -2.22. The summed E-state index contributed by atoms with van der Waals surface area (Å²) in [5.74, 6) is 0. The van der Waals surface area contributed by atoms with Crippen molar-refractivity contribution in [2.45, 2.75) is 18.4 Å². The van der Waals surface area contributed by atoms with Crippen molar-refractivity contribution < 1.29 is 4.74 Å². The minimum Gasteiger partial charge on any atom is -0.356 e. The summed E-state index contributed by atoms with van der Waals surface area (Å²) < 4.78 is 6.51. The summed E-state index contributed by atoms with van der Waals surface area (Å²) in [6.45, 7) is 0.675. The first-order valence-electron chi connectivity index (χ1n) is 4.59. The fourth-order valence-electron chi connectivity index (χ4n) is 1.79. The molecule has 72 valence electrons. The number of halogens is 1. The quantitative estimate of drug-likeness (QED) is 0.769. The van der Waals surface area contributed by atoms with Crippen LogP contribution in [0.15, 0.2) is 28.7 Å². The monoisotopic (exact) mass is 251 g/mol. The van der Waals surface area contributed by atoms with Gasteiger partial charge in [-0.05, 0) is 18.9 Å². The molecule has 14 heavy (non-hydrogen) atoms. The second kappa shape index (κ2) is 3.72. The summed E-state index contributed by atoms with van der Waals surface area (Å²) in [5.41, 5.74) is 0.222. The molecule has 1 unspecified atom stereocenters. The van der Waals surface area contributed by atoms with Gasteiger partial charge in [-0.1, -0.05) is 34.1 Å². The fraction of sp³-hybridized carbons (Fsp3) is 0.364. The molecule has 1 heterocycles. The van der Waals surface area contributed by atoms with Crippen LogP contribution in [0.25, 0.3) is 0 Å². The van der Waals surface area contributed by atoms with Crippen LogP contribution in [0, 0.1) is 11.3 Å². The van der Waals surface area contributed by atoms with Gasteiger partial charge in [-0.2, -0.15) is 5.26 Å². The number of nitriles is 1. The third-order valence-corrected chi connectivity index (χ3v) is 3.20. The second-order valence-electron chi connectivity index (χ2n) is 3.37. The molecule has 3 heteroatoms. The molecule has 1 aliphatic rings. The molecule has 0 N–H and O–H groups in total. The van der Waals surface area contributed by atoms with Crippen LogP contribution in [0.1, 0.15) is 18.4 Å². The van der Waals surface area contributed by atoms with E-state index in [1.54, 1.807) is 0 Å². The van der Waals surface area contributed by atoms with Gasteiger partial charge in [-0.15, -0.1) is 0 Å². The van der Waals surface area contributed by atoms with Crippen molar-refractivity contribution in [3.63, 3.8) is 0 Å². The van der Waals surface area contributed by atoms with Crippen LogP contribution in [-0.2, 0) is 10.3 Å². The molecule has 0 amide bonds. The van der Waals surface area contributed by atoms with E-state index in [1.165, 1.54) is 0 Å². The lowest BCUT2D eigenvalue weighted by Gasteiger charge is -2.21. The van der Waals surface area contributed by atoms with Gasteiger partial charge in [0.2, 0.25) is 0 Å². The molecule has 1 saturated heterocycles. The molecule has 1 atom stereocenters. The van der Waals surface area contributed by atoms with Crippen LogP contribution < -0.4 is 0 Å². The molecule has 1 aromatic rings. The van der Waals surface area contributed by atoms with Gasteiger partial charge in [0.25, 0.3) is 0 Å². The molecule has 0 radical (unpaired) electrons. The molecule has 1 aromatic carbocycles. The first-order chi connectivity index (χ1) is 6.78. The van der Waals surface area contributed by atoms with E-state index in [0.29, 0.717) is 6.61 Å². The number of nitrogens with zero attached hydrogens (tertiary/aromatic N) is 1. The maximum atomic E-state index is 9.20. The second-order valence-corrected chi connectivity index (χ2v) is 4.23. The third-order valence-electron chi connectivity index (χ3n) is 2.51.